The number of esters is 1. The molecule has 0 atom stereocenters. The van der Waals surface area contributed by atoms with E-state index in [0.717, 1.165) is 49.7 Å². The largest absolute Gasteiger partial charge is 0.423 e. The van der Waals surface area contributed by atoms with Crippen molar-refractivity contribution in [2.75, 3.05) is 0 Å². The van der Waals surface area contributed by atoms with Crippen LogP contribution in [0.3, 0.4) is 0 Å². The van der Waals surface area contributed by atoms with Crippen molar-refractivity contribution in [1.82, 2.24) is 0 Å². The van der Waals surface area contributed by atoms with E-state index in [2.05, 4.69) is 6.92 Å². The Morgan fingerprint density at radius 3 is 1.97 bits per heavy atom. The van der Waals surface area contributed by atoms with Crippen molar-refractivity contribution in [3.05, 3.63) is 29.3 Å². The molecule has 0 bridgehead atoms. The van der Waals surface area contributed by atoms with E-state index in [9.17, 15) is 13.6 Å². The highest BCUT2D eigenvalue weighted by Crippen LogP contribution is 2.38. The number of carbonyl (C=O) groups is 1. The first-order chi connectivity index (χ1) is 17.0. The second-order valence-electron chi connectivity index (χ2n) is 11.0. The first-order valence-corrected chi connectivity index (χ1v) is 14.1. The molecule has 0 aliphatic heterocycles. The Hall–Kier alpha value is -1.96. The maximum atomic E-state index is 14.1. The van der Waals surface area contributed by atoms with E-state index < -0.39 is 28.9 Å². The summed E-state index contributed by atoms with van der Waals surface area (Å²) < 4.78 is 33.0. The Balaban J connectivity index is 1.29. The molecule has 2 fully saturated rings. The molecule has 1 aromatic rings. The number of halogens is 2. The number of rotatable bonds is 12. The van der Waals surface area contributed by atoms with Crippen LogP contribution in [-0.2, 0) is 4.79 Å². The quantitative estimate of drug-likeness (QED) is 0.168. The Bertz CT molecular complexity index is 833. The predicted molar refractivity (Wildman–Crippen MR) is 135 cm³/mol. The van der Waals surface area contributed by atoms with Gasteiger partial charge in [-0.3, -0.25) is 4.79 Å². The summed E-state index contributed by atoms with van der Waals surface area (Å²) in [5.74, 6) is -1.24. The molecule has 0 N–H and O–H groups in total. The lowest BCUT2D eigenvalue weighted by Gasteiger charge is -2.31. The smallest absolute Gasteiger partial charge is 0.314 e. The highest BCUT2D eigenvalue weighted by molar-refractivity contribution is 5.75. The maximum Gasteiger partial charge on any atom is 0.314 e. The fourth-order valence-electron chi connectivity index (χ4n) is 6.07. The van der Waals surface area contributed by atoms with Crippen molar-refractivity contribution in [3.63, 3.8) is 0 Å². The van der Waals surface area contributed by atoms with E-state index in [-0.39, 0.29) is 5.92 Å². The molecule has 0 aromatic heterocycles. The van der Waals surface area contributed by atoms with Gasteiger partial charge in [-0.2, -0.15) is 9.65 Å². The lowest BCUT2D eigenvalue weighted by atomic mass is 9.75. The molecule has 0 spiro atoms. The van der Waals surface area contributed by atoms with Gasteiger partial charge in [0.1, 0.15) is 6.07 Å². The average Bonchev–Trinajstić information content (AvgIpc) is 2.88. The number of nitriles is 1. The normalized spacial score (nSPS) is 24.6. The second kappa shape index (κ2) is 14.6. The first kappa shape index (κ1) is 27.6. The first-order valence-electron chi connectivity index (χ1n) is 14.1. The van der Waals surface area contributed by atoms with Crippen molar-refractivity contribution in [3.8, 4) is 11.8 Å². The molecular weight excluding hydrogens is 444 g/mol. The molecule has 0 amide bonds. The van der Waals surface area contributed by atoms with Crippen LogP contribution in [-0.4, -0.2) is 5.97 Å². The number of unbranched alkanes of at least 4 members (excludes halogenated alkanes) is 5. The van der Waals surface area contributed by atoms with Crippen LogP contribution in [0.2, 0.25) is 0 Å². The number of hydrogen-bond acceptors (Lipinski definition) is 3. The van der Waals surface area contributed by atoms with Gasteiger partial charge in [0.15, 0.2) is 11.6 Å². The highest BCUT2D eigenvalue weighted by atomic mass is 19.2. The summed E-state index contributed by atoms with van der Waals surface area (Å²) in [6.45, 7) is 2.27. The standard InChI is InChI=1S/C30H43F2NO2/c1-2-3-4-5-6-7-8-22-9-11-23(12-10-22)13-14-24-15-17-25(18-16-24)30(34)35-27-20-19-26(21-33)28(31)29(27)32/h19-20,22-25H,2-18H2,1H3/t22-,23-,24?,25?. The van der Waals surface area contributed by atoms with Crippen LogP contribution in [0.4, 0.5) is 8.78 Å². The zero-order chi connectivity index (χ0) is 25.0. The predicted octanol–water partition coefficient (Wildman–Crippen LogP) is 8.89. The molecule has 3 nitrogen and oxygen atoms in total. The van der Waals surface area contributed by atoms with Crippen molar-refractivity contribution in [1.29, 1.82) is 5.26 Å². The number of hydrogen-bond donors (Lipinski definition) is 0. The van der Waals surface area contributed by atoms with Crippen molar-refractivity contribution >= 4 is 5.97 Å². The lowest BCUT2D eigenvalue weighted by molar-refractivity contribution is -0.140. The maximum absolute atomic E-state index is 14.1. The molecule has 0 radical (unpaired) electrons. The zero-order valence-corrected chi connectivity index (χ0v) is 21.5. The monoisotopic (exact) mass is 487 g/mol. The van der Waals surface area contributed by atoms with E-state index in [1.807, 2.05) is 0 Å². The molecular formula is C30H43F2NO2. The summed E-state index contributed by atoms with van der Waals surface area (Å²) in [6, 6.07) is 3.88. The fourth-order valence-corrected chi connectivity index (χ4v) is 6.07. The molecule has 2 aliphatic carbocycles. The van der Waals surface area contributed by atoms with Gasteiger partial charge in [-0.15, -0.1) is 0 Å². The molecule has 0 saturated heterocycles. The third-order valence-corrected chi connectivity index (χ3v) is 8.47. The molecule has 2 aliphatic rings. The summed E-state index contributed by atoms with van der Waals surface area (Å²) >= 11 is 0. The molecule has 194 valence electrons. The summed E-state index contributed by atoms with van der Waals surface area (Å²) in [5.41, 5.74) is -0.394. The van der Waals surface area contributed by atoms with Crippen LogP contribution < -0.4 is 4.74 Å². The molecule has 0 unspecified atom stereocenters. The topological polar surface area (TPSA) is 50.1 Å². The minimum Gasteiger partial charge on any atom is -0.423 e. The van der Waals surface area contributed by atoms with E-state index >= 15 is 0 Å². The van der Waals surface area contributed by atoms with Gasteiger partial charge in [-0.1, -0.05) is 90.4 Å². The zero-order valence-electron chi connectivity index (χ0n) is 21.5. The minimum absolute atomic E-state index is 0.262. The van der Waals surface area contributed by atoms with Crippen molar-refractivity contribution in [2.45, 2.75) is 116 Å². The van der Waals surface area contributed by atoms with Crippen LogP contribution in [0, 0.1) is 46.6 Å². The Morgan fingerprint density at radius 2 is 1.37 bits per heavy atom. The van der Waals surface area contributed by atoms with Gasteiger partial charge in [0.05, 0.1) is 11.5 Å². The van der Waals surface area contributed by atoms with E-state index in [1.54, 1.807) is 6.07 Å². The number of carbonyl (C=O) groups excluding carboxylic acids is 1. The van der Waals surface area contributed by atoms with Crippen LogP contribution in [0.5, 0.6) is 5.75 Å². The second-order valence-corrected chi connectivity index (χ2v) is 11.0. The lowest BCUT2D eigenvalue weighted by Crippen LogP contribution is -2.26. The van der Waals surface area contributed by atoms with Crippen molar-refractivity contribution < 1.29 is 18.3 Å². The van der Waals surface area contributed by atoms with Gasteiger partial charge >= 0.3 is 5.97 Å². The number of benzene rings is 1. The molecule has 5 heteroatoms. The molecule has 35 heavy (non-hydrogen) atoms. The molecule has 1 aromatic carbocycles. The van der Waals surface area contributed by atoms with Crippen molar-refractivity contribution in [2.24, 2.45) is 23.7 Å². The average molecular weight is 488 g/mol. The Morgan fingerprint density at radius 1 is 0.829 bits per heavy atom. The third kappa shape index (κ3) is 8.58. The van der Waals surface area contributed by atoms with Gasteiger partial charge in [0, 0.05) is 0 Å². The van der Waals surface area contributed by atoms with Crippen LogP contribution >= 0.6 is 0 Å². The van der Waals surface area contributed by atoms with Gasteiger partial charge < -0.3 is 4.74 Å². The Labute approximate surface area is 210 Å². The summed E-state index contributed by atoms with van der Waals surface area (Å²) in [7, 11) is 0. The summed E-state index contributed by atoms with van der Waals surface area (Å²) in [4.78, 5) is 12.5. The minimum atomic E-state index is -1.27. The van der Waals surface area contributed by atoms with Crippen LogP contribution in [0.15, 0.2) is 12.1 Å². The van der Waals surface area contributed by atoms with Crippen LogP contribution in [0.25, 0.3) is 0 Å². The third-order valence-electron chi connectivity index (χ3n) is 8.47. The van der Waals surface area contributed by atoms with Gasteiger partial charge in [-0.05, 0) is 55.6 Å². The SMILES string of the molecule is CCCCCCCC[C@H]1CC[C@H](CCC2CCC(C(=O)Oc3ccc(C#N)c(F)c3F)CC2)CC1. The van der Waals surface area contributed by atoms with E-state index in [4.69, 9.17) is 10.00 Å². The Kier molecular flexibility index (Phi) is 11.5. The van der Waals surface area contributed by atoms with Crippen LogP contribution in [0.1, 0.15) is 122 Å². The molecule has 3 rings (SSSR count). The van der Waals surface area contributed by atoms with E-state index in [0.29, 0.717) is 5.92 Å². The van der Waals surface area contributed by atoms with Gasteiger partial charge in [0.25, 0.3) is 0 Å². The summed E-state index contributed by atoms with van der Waals surface area (Å²) in [6.07, 6.45) is 21.4. The van der Waals surface area contributed by atoms with Gasteiger partial charge in [-0.25, -0.2) is 4.39 Å². The summed E-state index contributed by atoms with van der Waals surface area (Å²) in [5, 5.41) is 8.78. The molecule has 2 saturated carbocycles. The molecule has 0 heterocycles. The number of ether oxygens (including phenoxy) is 1. The number of nitrogens with zero attached hydrogens (tertiary/aromatic N) is 1. The van der Waals surface area contributed by atoms with Gasteiger partial charge in [0.2, 0.25) is 5.82 Å². The van der Waals surface area contributed by atoms with E-state index in [1.165, 1.54) is 83.5 Å². The fraction of sp³-hybridized carbons (Fsp3) is 0.733. The highest BCUT2D eigenvalue weighted by Gasteiger charge is 2.30.